The number of hydrogen-bond donors (Lipinski definition) is 1. The van der Waals surface area contributed by atoms with Crippen LogP contribution in [0.5, 0.6) is 0 Å². The number of halogens is 2. The molecule has 0 radical (unpaired) electrons. The highest BCUT2D eigenvalue weighted by Crippen LogP contribution is 2.24. The Kier molecular flexibility index (Phi) is 2.40. The normalized spacial score (nSPS) is 10.4. The van der Waals surface area contributed by atoms with Gasteiger partial charge in [-0.2, -0.15) is 0 Å². The van der Waals surface area contributed by atoms with Crippen molar-refractivity contribution in [2.75, 3.05) is 0 Å². The number of aromatic carboxylic acids is 1. The van der Waals surface area contributed by atoms with Gasteiger partial charge in [0.05, 0.1) is 11.8 Å². The van der Waals surface area contributed by atoms with Crippen LogP contribution in [0.3, 0.4) is 0 Å². The van der Waals surface area contributed by atoms with E-state index >= 15 is 0 Å². The van der Waals surface area contributed by atoms with Crippen LogP contribution in [-0.4, -0.2) is 16.1 Å². The molecule has 2 aromatic rings. The van der Waals surface area contributed by atoms with Gasteiger partial charge in [-0.15, -0.1) is 0 Å². The van der Waals surface area contributed by atoms with E-state index in [1.165, 1.54) is 0 Å². The van der Waals surface area contributed by atoms with Crippen molar-refractivity contribution in [1.29, 1.82) is 0 Å². The van der Waals surface area contributed by atoms with Gasteiger partial charge < -0.3 is 9.52 Å². The summed E-state index contributed by atoms with van der Waals surface area (Å²) in [4.78, 5) is 13.9. The molecule has 0 aliphatic rings. The van der Waals surface area contributed by atoms with Gasteiger partial charge in [0.1, 0.15) is 11.6 Å². The van der Waals surface area contributed by atoms with E-state index in [2.05, 4.69) is 4.98 Å². The fourth-order valence-electron chi connectivity index (χ4n) is 1.19. The average molecular weight is 225 g/mol. The van der Waals surface area contributed by atoms with E-state index in [4.69, 9.17) is 9.52 Å². The molecule has 0 bridgehead atoms. The molecule has 1 aromatic carbocycles. The third-order valence-corrected chi connectivity index (χ3v) is 1.89. The number of carbonyl (C=O) groups is 1. The highest BCUT2D eigenvalue weighted by atomic mass is 19.1. The highest BCUT2D eigenvalue weighted by molar-refractivity contribution is 5.82. The summed E-state index contributed by atoms with van der Waals surface area (Å²) >= 11 is 0. The maximum atomic E-state index is 13.3. The molecule has 0 atom stereocenters. The van der Waals surface area contributed by atoms with Crippen LogP contribution in [0.15, 0.2) is 28.8 Å². The van der Waals surface area contributed by atoms with Crippen LogP contribution < -0.4 is 0 Å². The van der Waals surface area contributed by atoms with Crippen LogP contribution in [0.4, 0.5) is 8.78 Å². The minimum absolute atomic E-state index is 0.0404. The summed E-state index contributed by atoms with van der Waals surface area (Å²) in [6, 6.07) is 2.87. The van der Waals surface area contributed by atoms with Crippen molar-refractivity contribution < 1.29 is 23.1 Å². The zero-order chi connectivity index (χ0) is 11.7. The summed E-state index contributed by atoms with van der Waals surface area (Å²) in [6.07, 6.45) is 1.07. The Labute approximate surface area is 88.2 Å². The molecule has 1 heterocycles. The minimum Gasteiger partial charge on any atom is -0.474 e. The number of oxazole rings is 1. The van der Waals surface area contributed by atoms with Gasteiger partial charge in [-0.3, -0.25) is 0 Å². The molecular formula is C10H5F2NO3. The lowest BCUT2D eigenvalue weighted by Gasteiger charge is -1.97. The highest BCUT2D eigenvalue weighted by Gasteiger charge is 2.15. The van der Waals surface area contributed by atoms with Gasteiger partial charge in [-0.25, -0.2) is 18.6 Å². The fraction of sp³-hybridized carbons (Fsp3) is 0. The lowest BCUT2D eigenvalue weighted by Crippen LogP contribution is -1.94. The van der Waals surface area contributed by atoms with Crippen molar-refractivity contribution in [2.24, 2.45) is 0 Å². The Morgan fingerprint density at radius 2 is 2.12 bits per heavy atom. The largest absolute Gasteiger partial charge is 0.474 e. The monoisotopic (exact) mass is 225 g/mol. The van der Waals surface area contributed by atoms with E-state index in [1.54, 1.807) is 0 Å². The molecule has 0 saturated heterocycles. The molecule has 0 aliphatic heterocycles. The Bertz CT molecular complexity index is 551. The predicted octanol–water partition coefficient (Wildman–Crippen LogP) is 2.32. The number of hydrogen-bond acceptors (Lipinski definition) is 3. The molecule has 6 heteroatoms. The van der Waals surface area contributed by atoms with E-state index in [1.807, 2.05) is 0 Å². The van der Waals surface area contributed by atoms with Crippen molar-refractivity contribution in [1.82, 2.24) is 4.98 Å². The minimum atomic E-state index is -1.35. The Balaban J connectivity index is 2.46. The van der Waals surface area contributed by atoms with Crippen molar-refractivity contribution in [3.8, 4) is 11.3 Å². The third kappa shape index (κ3) is 1.77. The lowest BCUT2D eigenvalue weighted by atomic mass is 10.2. The first-order chi connectivity index (χ1) is 7.58. The van der Waals surface area contributed by atoms with Crippen molar-refractivity contribution in [2.45, 2.75) is 0 Å². The third-order valence-electron chi connectivity index (χ3n) is 1.89. The molecule has 16 heavy (non-hydrogen) atoms. The van der Waals surface area contributed by atoms with Crippen molar-refractivity contribution >= 4 is 5.97 Å². The first-order valence-electron chi connectivity index (χ1n) is 4.22. The number of nitrogens with zero attached hydrogens (tertiary/aromatic N) is 1. The van der Waals surface area contributed by atoms with Gasteiger partial charge in [-0.05, 0) is 12.1 Å². The smallest absolute Gasteiger partial charge is 0.392 e. The molecule has 0 amide bonds. The molecule has 0 saturated carbocycles. The van der Waals surface area contributed by atoms with E-state index < -0.39 is 23.5 Å². The maximum Gasteiger partial charge on any atom is 0.392 e. The Morgan fingerprint density at radius 1 is 1.38 bits per heavy atom. The Morgan fingerprint density at radius 3 is 2.69 bits per heavy atom. The second-order valence-corrected chi connectivity index (χ2v) is 2.96. The van der Waals surface area contributed by atoms with Crippen LogP contribution in [-0.2, 0) is 0 Å². The summed E-state index contributed by atoms with van der Waals surface area (Å²) in [5, 5.41) is 8.55. The summed E-state index contributed by atoms with van der Waals surface area (Å²) in [5.74, 6) is -3.52. The van der Waals surface area contributed by atoms with Crippen LogP contribution >= 0.6 is 0 Å². The molecule has 1 N–H and O–H groups in total. The number of benzene rings is 1. The topological polar surface area (TPSA) is 63.3 Å². The van der Waals surface area contributed by atoms with Gasteiger partial charge in [0.25, 0.3) is 0 Å². The summed E-state index contributed by atoms with van der Waals surface area (Å²) in [7, 11) is 0. The summed E-state index contributed by atoms with van der Waals surface area (Å²) in [6.45, 7) is 0. The van der Waals surface area contributed by atoms with E-state index in [9.17, 15) is 13.6 Å². The van der Waals surface area contributed by atoms with Crippen LogP contribution in [0.2, 0.25) is 0 Å². The van der Waals surface area contributed by atoms with E-state index in [-0.39, 0.29) is 11.3 Å². The van der Waals surface area contributed by atoms with Gasteiger partial charge in [-0.1, -0.05) is 0 Å². The molecule has 82 valence electrons. The van der Waals surface area contributed by atoms with Crippen LogP contribution in [0.1, 0.15) is 10.7 Å². The molecule has 0 spiro atoms. The zero-order valence-corrected chi connectivity index (χ0v) is 7.78. The molecule has 0 unspecified atom stereocenters. The molecule has 1 aromatic heterocycles. The summed E-state index contributed by atoms with van der Waals surface area (Å²) in [5.41, 5.74) is -0.0404. The zero-order valence-electron chi connectivity index (χ0n) is 7.78. The van der Waals surface area contributed by atoms with Crippen molar-refractivity contribution in [3.63, 3.8) is 0 Å². The SMILES string of the molecule is O=C(O)c1ncc(-c2ccc(F)cc2F)o1. The Hall–Kier alpha value is -2.24. The quantitative estimate of drug-likeness (QED) is 0.851. The van der Waals surface area contributed by atoms with E-state index in [0.717, 1.165) is 18.3 Å². The van der Waals surface area contributed by atoms with Gasteiger partial charge in [0.2, 0.25) is 0 Å². The molecule has 4 nitrogen and oxygen atoms in total. The van der Waals surface area contributed by atoms with Gasteiger partial charge >= 0.3 is 11.9 Å². The van der Waals surface area contributed by atoms with Crippen LogP contribution in [0, 0.1) is 11.6 Å². The predicted molar refractivity (Wildman–Crippen MR) is 48.8 cm³/mol. The molecule has 0 fully saturated rings. The number of carboxylic acids is 1. The second-order valence-electron chi connectivity index (χ2n) is 2.96. The van der Waals surface area contributed by atoms with Gasteiger partial charge in [0, 0.05) is 6.07 Å². The molecule has 2 rings (SSSR count). The van der Waals surface area contributed by atoms with Crippen molar-refractivity contribution in [3.05, 3.63) is 41.9 Å². The van der Waals surface area contributed by atoms with Crippen LogP contribution in [0.25, 0.3) is 11.3 Å². The molecular weight excluding hydrogens is 220 g/mol. The van der Waals surface area contributed by atoms with E-state index in [0.29, 0.717) is 6.07 Å². The number of rotatable bonds is 2. The first kappa shape index (κ1) is 10.3. The number of aromatic nitrogens is 1. The molecule has 0 aliphatic carbocycles. The summed E-state index contributed by atoms with van der Waals surface area (Å²) < 4.78 is 30.7. The first-order valence-corrected chi connectivity index (χ1v) is 4.22. The standard InChI is InChI=1S/C10H5F2NO3/c11-5-1-2-6(7(12)3-5)8-4-13-9(16-8)10(14)15/h1-4H,(H,14,15). The van der Waals surface area contributed by atoms with Gasteiger partial charge in [0.15, 0.2) is 5.76 Å². The fourth-order valence-corrected chi connectivity index (χ4v) is 1.19. The average Bonchev–Trinajstić information content (AvgIpc) is 2.66. The number of carboxylic acid groups (broad SMARTS) is 1. The maximum absolute atomic E-state index is 13.3. The lowest BCUT2D eigenvalue weighted by molar-refractivity contribution is 0.0654. The second kappa shape index (κ2) is 3.73.